The minimum Gasteiger partial charge on any atom is -0.507 e. The van der Waals surface area contributed by atoms with Crippen LogP contribution >= 0.6 is 0 Å². The number of halogens is 3. The first-order valence-electron chi connectivity index (χ1n) is 4.82. The lowest BCUT2D eigenvalue weighted by molar-refractivity contribution is -0.137. The number of phenols is 1. The van der Waals surface area contributed by atoms with E-state index in [9.17, 15) is 23.1 Å². The summed E-state index contributed by atoms with van der Waals surface area (Å²) in [6.07, 6.45) is -4.79. The Hall–Kier alpha value is -2.23. The number of carbonyl (C=O) groups excluding carboxylic acids is 1. The number of carbonyl (C=O) groups is 1. The van der Waals surface area contributed by atoms with Gasteiger partial charge in [-0.1, -0.05) is 0 Å². The van der Waals surface area contributed by atoms with E-state index in [0.29, 0.717) is 12.1 Å². The molecule has 0 aromatic heterocycles. The second kappa shape index (κ2) is 4.96. The van der Waals surface area contributed by atoms with Crippen LogP contribution in [0.3, 0.4) is 0 Å². The van der Waals surface area contributed by atoms with Crippen molar-refractivity contribution in [1.29, 1.82) is 5.26 Å². The molecule has 1 aromatic rings. The highest BCUT2D eigenvalue weighted by atomic mass is 19.4. The molecule has 0 heterocycles. The Labute approximate surface area is 100 Å². The summed E-state index contributed by atoms with van der Waals surface area (Å²) in [7, 11) is 0. The van der Waals surface area contributed by atoms with Crippen LogP contribution in [0.2, 0.25) is 0 Å². The zero-order valence-corrected chi connectivity index (χ0v) is 9.21. The predicted molar refractivity (Wildman–Crippen MR) is 53.8 cm³/mol. The first kappa shape index (κ1) is 13.8. The van der Waals surface area contributed by atoms with Crippen molar-refractivity contribution in [2.75, 3.05) is 6.61 Å². The fourth-order valence-corrected chi connectivity index (χ4v) is 1.29. The van der Waals surface area contributed by atoms with Gasteiger partial charge in [-0.25, -0.2) is 4.79 Å². The van der Waals surface area contributed by atoms with Gasteiger partial charge in [-0.05, 0) is 19.1 Å². The van der Waals surface area contributed by atoms with Gasteiger partial charge in [-0.15, -0.1) is 0 Å². The number of phenolic OH excluding ortho intramolecular Hbond substituents is 1. The van der Waals surface area contributed by atoms with Crippen LogP contribution < -0.4 is 0 Å². The summed E-state index contributed by atoms with van der Waals surface area (Å²) in [5.41, 5.74) is -2.66. The van der Waals surface area contributed by atoms with Crippen LogP contribution in [0.5, 0.6) is 5.75 Å². The van der Waals surface area contributed by atoms with E-state index in [1.165, 1.54) is 13.0 Å². The molecule has 1 aromatic carbocycles. The number of benzene rings is 1. The fourth-order valence-electron chi connectivity index (χ4n) is 1.29. The molecule has 0 bridgehead atoms. The van der Waals surface area contributed by atoms with Gasteiger partial charge in [-0.2, -0.15) is 18.4 Å². The lowest BCUT2D eigenvalue weighted by atomic mass is 10.0. The van der Waals surface area contributed by atoms with Gasteiger partial charge in [0.15, 0.2) is 0 Å². The summed E-state index contributed by atoms with van der Waals surface area (Å²) in [5, 5.41) is 18.0. The second-order valence-corrected chi connectivity index (χ2v) is 3.24. The van der Waals surface area contributed by atoms with E-state index in [1.807, 2.05) is 0 Å². The standard InChI is InChI=1S/C11H8F3NO3/c1-2-18-10(17)7-4-8(11(12,13)14)6(5-15)3-9(7)16/h3-4,16H,2H2,1H3. The molecule has 4 nitrogen and oxygen atoms in total. The zero-order chi connectivity index (χ0) is 13.9. The molecule has 0 aliphatic rings. The molecule has 18 heavy (non-hydrogen) atoms. The van der Waals surface area contributed by atoms with Crippen molar-refractivity contribution in [2.45, 2.75) is 13.1 Å². The average Bonchev–Trinajstić information content (AvgIpc) is 2.27. The van der Waals surface area contributed by atoms with Gasteiger partial charge in [0.2, 0.25) is 0 Å². The highest BCUT2D eigenvalue weighted by Gasteiger charge is 2.35. The van der Waals surface area contributed by atoms with Gasteiger partial charge in [0.1, 0.15) is 11.3 Å². The number of alkyl halides is 3. The first-order chi connectivity index (χ1) is 8.31. The predicted octanol–water partition coefficient (Wildman–Crippen LogP) is 2.46. The monoisotopic (exact) mass is 259 g/mol. The van der Waals surface area contributed by atoms with E-state index >= 15 is 0 Å². The van der Waals surface area contributed by atoms with Crippen LogP contribution in [0.15, 0.2) is 12.1 Å². The van der Waals surface area contributed by atoms with Crippen molar-refractivity contribution >= 4 is 5.97 Å². The Balaban J connectivity index is 3.41. The molecule has 0 atom stereocenters. The maximum Gasteiger partial charge on any atom is 0.417 e. The normalized spacial score (nSPS) is 10.8. The molecule has 96 valence electrons. The van der Waals surface area contributed by atoms with Gasteiger partial charge in [0, 0.05) is 0 Å². The fraction of sp³-hybridized carbons (Fsp3) is 0.273. The molecule has 0 radical (unpaired) electrons. The SMILES string of the molecule is CCOC(=O)c1cc(C(F)(F)F)c(C#N)cc1O. The molecule has 1 rings (SSSR count). The maximum atomic E-state index is 12.6. The summed E-state index contributed by atoms with van der Waals surface area (Å²) in [4.78, 5) is 11.3. The Bertz CT molecular complexity index is 517. The summed E-state index contributed by atoms with van der Waals surface area (Å²) in [6, 6.07) is 2.31. The van der Waals surface area contributed by atoms with E-state index < -0.39 is 34.6 Å². The van der Waals surface area contributed by atoms with Gasteiger partial charge >= 0.3 is 12.1 Å². The van der Waals surface area contributed by atoms with Gasteiger partial charge in [0.05, 0.1) is 23.8 Å². The third kappa shape index (κ3) is 2.71. The Morgan fingerprint density at radius 3 is 2.56 bits per heavy atom. The van der Waals surface area contributed by atoms with E-state index in [4.69, 9.17) is 5.26 Å². The maximum absolute atomic E-state index is 12.6. The molecule has 0 unspecified atom stereocenters. The number of aromatic hydroxyl groups is 1. The van der Waals surface area contributed by atoms with E-state index in [-0.39, 0.29) is 6.61 Å². The minimum atomic E-state index is -4.79. The van der Waals surface area contributed by atoms with Crippen LogP contribution in [0.25, 0.3) is 0 Å². The number of hydrogen-bond donors (Lipinski definition) is 1. The molecule has 7 heteroatoms. The van der Waals surface area contributed by atoms with E-state index in [1.54, 1.807) is 0 Å². The molecular formula is C11H8F3NO3. The van der Waals surface area contributed by atoms with Crippen LogP contribution in [0, 0.1) is 11.3 Å². The lowest BCUT2D eigenvalue weighted by Crippen LogP contribution is -2.12. The average molecular weight is 259 g/mol. The van der Waals surface area contributed by atoms with Crippen molar-refractivity contribution in [2.24, 2.45) is 0 Å². The van der Waals surface area contributed by atoms with Crippen molar-refractivity contribution in [3.8, 4) is 11.8 Å². The number of ether oxygens (including phenoxy) is 1. The van der Waals surface area contributed by atoms with E-state index in [0.717, 1.165) is 0 Å². The van der Waals surface area contributed by atoms with Crippen LogP contribution in [0.4, 0.5) is 13.2 Å². The highest BCUT2D eigenvalue weighted by molar-refractivity contribution is 5.93. The highest BCUT2D eigenvalue weighted by Crippen LogP contribution is 2.35. The van der Waals surface area contributed by atoms with Crippen molar-refractivity contribution in [1.82, 2.24) is 0 Å². The molecule has 0 saturated carbocycles. The van der Waals surface area contributed by atoms with Crippen LogP contribution in [-0.4, -0.2) is 17.7 Å². The number of hydrogen-bond acceptors (Lipinski definition) is 4. The van der Waals surface area contributed by atoms with Crippen molar-refractivity contribution < 1.29 is 27.8 Å². The number of nitriles is 1. The summed E-state index contributed by atoms with van der Waals surface area (Å²) in [5.74, 6) is -1.80. The third-order valence-corrected chi connectivity index (χ3v) is 2.06. The van der Waals surface area contributed by atoms with E-state index in [2.05, 4.69) is 4.74 Å². The topological polar surface area (TPSA) is 70.3 Å². The summed E-state index contributed by atoms with van der Waals surface area (Å²) < 4.78 is 42.3. The van der Waals surface area contributed by atoms with Crippen LogP contribution in [0.1, 0.15) is 28.4 Å². The number of rotatable bonds is 2. The third-order valence-electron chi connectivity index (χ3n) is 2.06. The molecule has 0 fully saturated rings. The van der Waals surface area contributed by atoms with Gasteiger partial charge in [-0.3, -0.25) is 0 Å². The molecule has 1 N–H and O–H groups in total. The first-order valence-corrected chi connectivity index (χ1v) is 4.82. The van der Waals surface area contributed by atoms with Crippen molar-refractivity contribution in [3.05, 3.63) is 28.8 Å². The summed E-state index contributed by atoms with van der Waals surface area (Å²) >= 11 is 0. The Morgan fingerprint density at radius 1 is 1.50 bits per heavy atom. The van der Waals surface area contributed by atoms with Gasteiger partial charge < -0.3 is 9.84 Å². The summed E-state index contributed by atoms with van der Waals surface area (Å²) in [6.45, 7) is 1.43. The largest absolute Gasteiger partial charge is 0.507 e. The zero-order valence-electron chi connectivity index (χ0n) is 9.21. The van der Waals surface area contributed by atoms with Crippen molar-refractivity contribution in [3.63, 3.8) is 0 Å². The number of nitrogens with zero attached hydrogens (tertiary/aromatic N) is 1. The quantitative estimate of drug-likeness (QED) is 0.828. The molecule has 0 spiro atoms. The molecule has 0 amide bonds. The minimum absolute atomic E-state index is 0.0420. The van der Waals surface area contributed by atoms with Crippen LogP contribution in [-0.2, 0) is 10.9 Å². The molecule has 0 aliphatic carbocycles. The lowest BCUT2D eigenvalue weighted by Gasteiger charge is -2.11. The molecular weight excluding hydrogens is 251 g/mol. The molecule has 0 aliphatic heterocycles. The smallest absolute Gasteiger partial charge is 0.417 e. The number of esters is 1. The Kier molecular flexibility index (Phi) is 3.81. The molecule has 0 saturated heterocycles. The Morgan fingerprint density at radius 2 is 2.11 bits per heavy atom. The van der Waals surface area contributed by atoms with Gasteiger partial charge in [0.25, 0.3) is 0 Å². The second-order valence-electron chi connectivity index (χ2n) is 3.24.